The van der Waals surface area contributed by atoms with E-state index in [0.29, 0.717) is 13.1 Å². The van der Waals surface area contributed by atoms with Crippen molar-refractivity contribution >= 4 is 28.7 Å². The van der Waals surface area contributed by atoms with E-state index in [1.54, 1.807) is 13.2 Å². The van der Waals surface area contributed by atoms with Gasteiger partial charge in [-0.25, -0.2) is 8.93 Å². The molecule has 0 bridgehead atoms. The number of hydrogen-bond donors (Lipinski definition) is 3. The second-order valence-electron chi connectivity index (χ2n) is 5.52. The van der Waals surface area contributed by atoms with Crippen LogP contribution in [0.5, 0.6) is 11.5 Å². The molecule has 1 saturated heterocycles. The molecular weight excluding hydrogens is 358 g/mol. The molecule has 0 radical (unpaired) electrons. The smallest absolute Gasteiger partial charge is 0.330 e. The Labute approximate surface area is 152 Å². The minimum Gasteiger partial charge on any atom is -0.506 e. The quantitative estimate of drug-likeness (QED) is 0.643. The van der Waals surface area contributed by atoms with Gasteiger partial charge in [-0.15, -0.1) is 0 Å². The first-order valence-corrected chi connectivity index (χ1v) is 8.83. The number of methoxy groups -OCH3 is 1. The van der Waals surface area contributed by atoms with E-state index in [1.807, 2.05) is 29.0 Å². The van der Waals surface area contributed by atoms with Crippen molar-refractivity contribution in [2.24, 2.45) is 0 Å². The third-order valence-electron chi connectivity index (χ3n) is 3.82. The molecule has 0 spiro atoms. The zero-order valence-corrected chi connectivity index (χ0v) is 14.7. The summed E-state index contributed by atoms with van der Waals surface area (Å²) >= 11 is -2.04. The molecule has 1 aliphatic rings. The Balaban J connectivity index is 1.73. The van der Waals surface area contributed by atoms with Crippen LogP contribution in [0.25, 0.3) is 0 Å². The van der Waals surface area contributed by atoms with Crippen molar-refractivity contribution in [1.29, 1.82) is 0 Å². The number of rotatable bonds is 6. The number of phenols is 1. The molecular formula is C17H17N3O5S. The fourth-order valence-electron chi connectivity index (χ4n) is 2.57. The second-order valence-corrected chi connectivity index (χ2v) is 6.59. The summed E-state index contributed by atoms with van der Waals surface area (Å²) in [7, 11) is 1.60. The van der Waals surface area contributed by atoms with Crippen molar-refractivity contribution in [3.63, 3.8) is 0 Å². The Kier molecular flexibility index (Phi) is 5.19. The highest BCUT2D eigenvalue weighted by molar-refractivity contribution is 7.87. The van der Waals surface area contributed by atoms with Gasteiger partial charge in [-0.2, -0.15) is 4.31 Å². The number of benzene rings is 2. The molecule has 1 aliphatic heterocycles. The van der Waals surface area contributed by atoms with Crippen LogP contribution in [0.2, 0.25) is 0 Å². The van der Waals surface area contributed by atoms with Crippen LogP contribution in [0.4, 0.5) is 5.69 Å². The van der Waals surface area contributed by atoms with E-state index in [-0.39, 0.29) is 11.4 Å². The summed E-state index contributed by atoms with van der Waals surface area (Å²) in [5, 5.41) is 13.2. The summed E-state index contributed by atoms with van der Waals surface area (Å²) in [6.07, 6.45) is 0. The first-order chi connectivity index (χ1) is 12.5. The molecule has 26 heavy (non-hydrogen) atoms. The van der Waals surface area contributed by atoms with E-state index in [1.165, 1.54) is 12.1 Å². The molecule has 1 fully saturated rings. The molecule has 2 aromatic rings. The van der Waals surface area contributed by atoms with Gasteiger partial charge in [-0.1, -0.05) is 24.3 Å². The number of carbonyl (C=O) groups excluding carboxylic acids is 2. The molecule has 0 aromatic heterocycles. The summed E-state index contributed by atoms with van der Waals surface area (Å²) in [6.45, 7) is 0.982. The number of carbonyl (C=O) groups is 2. The molecule has 3 N–H and O–H groups in total. The zero-order valence-electron chi connectivity index (χ0n) is 13.9. The normalized spacial score (nSPS) is 16.7. The van der Waals surface area contributed by atoms with Gasteiger partial charge < -0.3 is 15.2 Å². The van der Waals surface area contributed by atoms with Crippen molar-refractivity contribution < 1.29 is 23.6 Å². The van der Waals surface area contributed by atoms with Crippen molar-refractivity contribution in [2.45, 2.75) is 13.1 Å². The van der Waals surface area contributed by atoms with Crippen molar-refractivity contribution in [1.82, 2.24) is 10.0 Å². The minimum atomic E-state index is -2.04. The summed E-state index contributed by atoms with van der Waals surface area (Å²) < 4.78 is 19.9. The Morgan fingerprint density at radius 2 is 1.96 bits per heavy atom. The number of hydrogen-bond acceptors (Lipinski definition) is 6. The van der Waals surface area contributed by atoms with Gasteiger partial charge in [0.05, 0.1) is 7.11 Å². The molecule has 0 aliphatic carbocycles. The zero-order chi connectivity index (χ0) is 18.7. The van der Waals surface area contributed by atoms with Crippen molar-refractivity contribution in [3.05, 3.63) is 53.6 Å². The maximum Gasteiger partial charge on any atom is 0.330 e. The van der Waals surface area contributed by atoms with E-state index >= 15 is 0 Å². The Bertz CT molecular complexity index is 886. The van der Waals surface area contributed by atoms with Gasteiger partial charge in [0.1, 0.15) is 17.2 Å². The summed E-state index contributed by atoms with van der Waals surface area (Å²) in [6, 6.07) is 12.2. The number of nitrogens with zero attached hydrogens (tertiary/aromatic N) is 1. The molecule has 8 nitrogen and oxygen atoms in total. The molecule has 3 rings (SSSR count). The van der Waals surface area contributed by atoms with Gasteiger partial charge in [-0.05, 0) is 23.8 Å². The van der Waals surface area contributed by atoms with Crippen LogP contribution in [-0.4, -0.2) is 28.2 Å². The Hall–Kier alpha value is -2.91. The topological polar surface area (TPSA) is 108 Å². The predicted octanol–water partition coefficient (Wildman–Crippen LogP) is 0.732. The third-order valence-corrected chi connectivity index (χ3v) is 4.87. The highest BCUT2D eigenvalue weighted by Crippen LogP contribution is 2.31. The largest absolute Gasteiger partial charge is 0.506 e. The standard InChI is InChI=1S/C17H17N3O5S/c1-25-15-5-3-2-4-12(15)10-18-9-11-6-7-14(21)13(8-11)20-17(23)16(22)19-26(20)24/h2-8,18,21H,9-10H2,1H3,(H,19,22). The third kappa shape index (κ3) is 3.53. The molecule has 1 heterocycles. The highest BCUT2D eigenvalue weighted by atomic mass is 32.2. The van der Waals surface area contributed by atoms with Crippen molar-refractivity contribution in [2.75, 3.05) is 11.4 Å². The van der Waals surface area contributed by atoms with Crippen LogP contribution in [0.1, 0.15) is 11.1 Å². The van der Waals surface area contributed by atoms with Gasteiger partial charge in [0.2, 0.25) is 11.2 Å². The Morgan fingerprint density at radius 3 is 2.65 bits per heavy atom. The average molecular weight is 375 g/mol. The summed E-state index contributed by atoms with van der Waals surface area (Å²) in [5.74, 6) is -1.41. The van der Waals surface area contributed by atoms with E-state index in [9.17, 15) is 18.9 Å². The summed E-state index contributed by atoms with van der Waals surface area (Å²) in [5.41, 5.74) is 1.75. The van der Waals surface area contributed by atoms with Crippen LogP contribution in [-0.2, 0) is 33.9 Å². The monoisotopic (exact) mass is 375 g/mol. The van der Waals surface area contributed by atoms with E-state index < -0.39 is 23.0 Å². The molecule has 2 aromatic carbocycles. The van der Waals surface area contributed by atoms with Crippen LogP contribution in [0, 0.1) is 0 Å². The van der Waals surface area contributed by atoms with Gasteiger partial charge in [0.25, 0.3) is 0 Å². The highest BCUT2D eigenvalue weighted by Gasteiger charge is 2.38. The SMILES string of the molecule is COc1ccccc1CNCc1ccc(O)c(N2C(=O)C(=O)NS2=O)c1. The maximum absolute atomic E-state index is 11.9. The molecule has 0 saturated carbocycles. The van der Waals surface area contributed by atoms with Crippen LogP contribution in [0.15, 0.2) is 42.5 Å². The van der Waals surface area contributed by atoms with Gasteiger partial charge >= 0.3 is 11.8 Å². The van der Waals surface area contributed by atoms with Gasteiger partial charge in [0, 0.05) is 18.7 Å². The molecule has 1 atom stereocenters. The number of ether oxygens (including phenoxy) is 1. The van der Waals surface area contributed by atoms with Crippen LogP contribution >= 0.6 is 0 Å². The average Bonchev–Trinajstić information content (AvgIpc) is 2.89. The lowest BCUT2D eigenvalue weighted by Crippen LogP contribution is -2.27. The number of nitrogens with one attached hydrogen (secondary N) is 2. The van der Waals surface area contributed by atoms with Crippen LogP contribution < -0.4 is 19.1 Å². The first kappa shape index (κ1) is 17.9. The predicted molar refractivity (Wildman–Crippen MR) is 95.4 cm³/mol. The number of anilines is 1. The fourth-order valence-corrected chi connectivity index (χ4v) is 3.46. The maximum atomic E-state index is 11.9. The van der Waals surface area contributed by atoms with Crippen molar-refractivity contribution in [3.8, 4) is 11.5 Å². The fraction of sp³-hybridized carbons (Fsp3) is 0.176. The molecule has 2 amide bonds. The van der Waals surface area contributed by atoms with E-state index in [2.05, 4.69) is 5.32 Å². The summed E-state index contributed by atoms with van der Waals surface area (Å²) in [4.78, 5) is 23.2. The lowest BCUT2D eigenvalue weighted by molar-refractivity contribution is -0.134. The molecule has 1 unspecified atom stereocenters. The number of amides is 2. The number of para-hydroxylation sites is 1. The van der Waals surface area contributed by atoms with E-state index in [4.69, 9.17) is 4.74 Å². The molecule has 136 valence electrons. The molecule has 9 heteroatoms. The lowest BCUT2D eigenvalue weighted by atomic mass is 10.1. The van der Waals surface area contributed by atoms with Crippen LogP contribution in [0.3, 0.4) is 0 Å². The second kappa shape index (κ2) is 7.54. The minimum absolute atomic E-state index is 0.0169. The van der Waals surface area contributed by atoms with Gasteiger partial charge in [-0.3, -0.25) is 9.59 Å². The van der Waals surface area contributed by atoms with Gasteiger partial charge in [0.15, 0.2) is 0 Å². The lowest BCUT2D eigenvalue weighted by Gasteiger charge is -2.15. The number of phenolic OH excluding ortho intramolecular Hbond substituents is 1. The van der Waals surface area contributed by atoms with E-state index in [0.717, 1.165) is 21.2 Å². The Morgan fingerprint density at radius 1 is 1.19 bits per heavy atom. The first-order valence-electron chi connectivity index (χ1n) is 7.72. The number of aromatic hydroxyl groups is 1.